The van der Waals surface area contributed by atoms with Crippen molar-refractivity contribution in [3.05, 3.63) is 107 Å². The molecule has 0 saturated heterocycles. The fraction of sp³-hybridized carbons (Fsp3) is 0.371. The van der Waals surface area contributed by atoms with Crippen LogP contribution in [0.2, 0.25) is 0 Å². The lowest BCUT2D eigenvalue weighted by Crippen LogP contribution is -2.61. The van der Waals surface area contributed by atoms with Gasteiger partial charge in [0.25, 0.3) is 0 Å². The lowest BCUT2D eigenvalue weighted by atomic mass is 9.76. The number of amides is 3. The number of hydrogen-bond acceptors (Lipinski definition) is 5. The molecule has 0 bridgehead atoms. The average Bonchev–Trinajstić information content (AvgIpc) is 3.01. The molecule has 5 N–H and O–H groups in total. The van der Waals surface area contributed by atoms with Crippen molar-refractivity contribution in [2.24, 2.45) is 17.6 Å². The summed E-state index contributed by atoms with van der Waals surface area (Å²) in [4.78, 5) is 54.5. The first-order valence-corrected chi connectivity index (χ1v) is 15.1. The first-order valence-electron chi connectivity index (χ1n) is 15.1. The summed E-state index contributed by atoms with van der Waals surface area (Å²) in [5, 5.41) is 16.3. The summed E-state index contributed by atoms with van der Waals surface area (Å²) in [6.07, 6.45) is 0.993. The highest BCUT2D eigenvalue weighted by Crippen LogP contribution is 2.42. The van der Waals surface area contributed by atoms with E-state index in [1.54, 1.807) is 26.1 Å². The van der Waals surface area contributed by atoms with E-state index < -0.39 is 42.0 Å². The number of carbonyl (C=O) groups is 4. The van der Waals surface area contributed by atoms with Crippen LogP contribution in [0, 0.1) is 11.8 Å². The van der Waals surface area contributed by atoms with Crippen LogP contribution in [0.5, 0.6) is 0 Å². The third kappa shape index (κ3) is 7.17. The summed E-state index contributed by atoms with van der Waals surface area (Å²) in [5.41, 5.74) is 9.58. The smallest absolute Gasteiger partial charge is 0.326 e. The molecule has 5 unspecified atom stereocenters. The first kappa shape index (κ1) is 32.4. The molecule has 1 heterocycles. The van der Waals surface area contributed by atoms with E-state index in [4.69, 9.17) is 5.73 Å². The predicted molar refractivity (Wildman–Crippen MR) is 169 cm³/mol. The van der Waals surface area contributed by atoms with Crippen LogP contribution in [0.4, 0.5) is 0 Å². The Morgan fingerprint density at radius 1 is 0.909 bits per heavy atom. The van der Waals surface area contributed by atoms with Crippen molar-refractivity contribution in [3.8, 4) is 0 Å². The van der Waals surface area contributed by atoms with Gasteiger partial charge in [-0.15, -0.1) is 0 Å². The van der Waals surface area contributed by atoms with Gasteiger partial charge >= 0.3 is 5.97 Å². The van der Waals surface area contributed by atoms with Crippen LogP contribution < -0.4 is 16.4 Å². The molecule has 232 valence electrons. The van der Waals surface area contributed by atoms with Gasteiger partial charge in [-0.05, 0) is 67.0 Å². The number of hydrogen-bond donors (Lipinski definition) is 4. The Morgan fingerprint density at radius 2 is 1.55 bits per heavy atom. The fourth-order valence-corrected chi connectivity index (χ4v) is 6.15. The van der Waals surface area contributed by atoms with Gasteiger partial charge < -0.3 is 26.4 Å². The maximum Gasteiger partial charge on any atom is 0.326 e. The second-order valence-corrected chi connectivity index (χ2v) is 11.9. The Balaban J connectivity index is 1.90. The highest BCUT2D eigenvalue weighted by Gasteiger charge is 2.47. The largest absolute Gasteiger partial charge is 0.480 e. The quantitative estimate of drug-likeness (QED) is 0.251. The van der Waals surface area contributed by atoms with Crippen LogP contribution in [-0.4, -0.2) is 58.9 Å². The molecule has 3 aromatic rings. The van der Waals surface area contributed by atoms with Crippen molar-refractivity contribution in [3.63, 3.8) is 0 Å². The van der Waals surface area contributed by atoms with Crippen molar-refractivity contribution in [1.29, 1.82) is 0 Å². The maximum absolute atomic E-state index is 14.7. The van der Waals surface area contributed by atoms with Crippen LogP contribution in [0.15, 0.2) is 78.9 Å². The van der Waals surface area contributed by atoms with E-state index in [0.29, 0.717) is 18.4 Å². The third-order valence-electron chi connectivity index (χ3n) is 8.57. The third-order valence-corrected chi connectivity index (χ3v) is 8.57. The lowest BCUT2D eigenvalue weighted by molar-refractivity contribution is -0.157. The van der Waals surface area contributed by atoms with Gasteiger partial charge in [0, 0.05) is 12.0 Å². The monoisotopic (exact) mass is 598 g/mol. The molecule has 3 aromatic carbocycles. The van der Waals surface area contributed by atoms with Gasteiger partial charge in [0.05, 0.1) is 12.1 Å². The number of carboxylic acids is 1. The number of fused-ring (bicyclic) bond motifs is 1. The average molecular weight is 599 g/mol. The second-order valence-electron chi connectivity index (χ2n) is 11.9. The Morgan fingerprint density at radius 3 is 2.18 bits per heavy atom. The number of primary amides is 1. The number of carboxylic acid groups (broad SMARTS) is 1. The molecule has 5 atom stereocenters. The predicted octanol–water partition coefficient (Wildman–Crippen LogP) is 3.51. The number of nitrogens with zero attached hydrogens (tertiary/aromatic N) is 1. The van der Waals surface area contributed by atoms with Crippen molar-refractivity contribution < 1.29 is 24.3 Å². The zero-order valence-electron chi connectivity index (χ0n) is 25.7. The molecule has 9 nitrogen and oxygen atoms in total. The molecule has 1 aliphatic heterocycles. The number of likely N-dealkylation sites (N-methyl/N-ethyl adjacent to an activating group) is 1. The van der Waals surface area contributed by atoms with Crippen molar-refractivity contribution in [2.45, 2.75) is 64.2 Å². The van der Waals surface area contributed by atoms with Gasteiger partial charge in [0.15, 0.2) is 0 Å². The minimum Gasteiger partial charge on any atom is -0.480 e. The summed E-state index contributed by atoms with van der Waals surface area (Å²) in [5.74, 6) is -3.13. The molecule has 0 saturated carbocycles. The molecule has 9 heteroatoms. The molecule has 0 aromatic heterocycles. The van der Waals surface area contributed by atoms with E-state index in [9.17, 15) is 24.3 Å². The molecule has 0 aliphatic carbocycles. The first-order chi connectivity index (χ1) is 21.0. The number of nitrogens with one attached hydrogen (secondary N) is 2. The topological polar surface area (TPSA) is 142 Å². The van der Waals surface area contributed by atoms with Crippen LogP contribution in [0.25, 0.3) is 0 Å². The minimum atomic E-state index is -1.16. The number of rotatable bonds is 12. The molecule has 0 spiro atoms. The summed E-state index contributed by atoms with van der Waals surface area (Å²) < 4.78 is 0. The summed E-state index contributed by atoms with van der Waals surface area (Å²) in [6.45, 7) is 5.36. The van der Waals surface area contributed by atoms with Gasteiger partial charge in [-0.25, -0.2) is 4.79 Å². The van der Waals surface area contributed by atoms with E-state index in [1.165, 1.54) is 4.90 Å². The van der Waals surface area contributed by atoms with Gasteiger partial charge in [0.1, 0.15) is 12.1 Å². The van der Waals surface area contributed by atoms with Gasteiger partial charge in [-0.1, -0.05) is 86.6 Å². The van der Waals surface area contributed by atoms with Crippen molar-refractivity contribution >= 4 is 23.7 Å². The number of aliphatic carboxylic acids is 1. The van der Waals surface area contributed by atoms with E-state index in [0.717, 1.165) is 22.3 Å². The van der Waals surface area contributed by atoms with E-state index in [2.05, 4.69) is 10.6 Å². The zero-order chi connectivity index (χ0) is 32.0. The summed E-state index contributed by atoms with van der Waals surface area (Å²) in [6, 6.07) is 21.2. The van der Waals surface area contributed by atoms with Crippen LogP contribution >= 0.6 is 0 Å². The van der Waals surface area contributed by atoms with Crippen molar-refractivity contribution in [2.75, 3.05) is 7.05 Å². The van der Waals surface area contributed by atoms with Crippen molar-refractivity contribution in [1.82, 2.24) is 15.5 Å². The van der Waals surface area contributed by atoms with Crippen LogP contribution in [0.3, 0.4) is 0 Å². The molecular formula is C35H42N4O5. The molecule has 0 radical (unpaired) electrons. The second kappa shape index (κ2) is 14.3. The van der Waals surface area contributed by atoms with E-state index >= 15 is 0 Å². The summed E-state index contributed by atoms with van der Waals surface area (Å²) in [7, 11) is 1.66. The molecular weight excluding hydrogens is 556 g/mol. The zero-order valence-corrected chi connectivity index (χ0v) is 25.7. The molecule has 1 aliphatic rings. The van der Waals surface area contributed by atoms with Gasteiger partial charge in [-0.2, -0.15) is 0 Å². The van der Waals surface area contributed by atoms with Gasteiger partial charge in [-0.3, -0.25) is 14.4 Å². The Hall–Kier alpha value is -4.50. The summed E-state index contributed by atoms with van der Waals surface area (Å²) >= 11 is 0. The van der Waals surface area contributed by atoms with Crippen LogP contribution in [-0.2, 0) is 33.6 Å². The fourth-order valence-electron chi connectivity index (χ4n) is 6.15. The van der Waals surface area contributed by atoms with Crippen LogP contribution in [0.1, 0.15) is 59.4 Å². The van der Waals surface area contributed by atoms with Gasteiger partial charge in [0.2, 0.25) is 17.7 Å². The number of carbonyl (C=O) groups excluding carboxylic acids is 3. The SMILES string of the molecule is CNC(C)C(=O)NC(C(=O)N1C(C(=O)O)Cc2ccccc2C1C(Cc1ccccc1)Cc1ccccc1C(N)=O)C(C)C. The Bertz CT molecular complexity index is 1490. The molecule has 0 fully saturated rings. The minimum absolute atomic E-state index is 0.134. The standard InChI is InChI=1S/C35H42N4O5/c1-21(2)30(38-33(41)22(3)37-4)34(42)39-29(35(43)44)20-25-15-8-10-16-27(25)31(39)26(18-23-12-6-5-7-13-23)19-24-14-9-11-17-28(24)32(36)40/h5-17,21-22,26,29-31,37H,18-20H2,1-4H3,(H2,36,40)(H,38,41)(H,43,44). The normalized spacial score (nSPS) is 18.2. The Labute approximate surface area is 258 Å². The molecule has 4 rings (SSSR count). The lowest BCUT2D eigenvalue weighted by Gasteiger charge is -2.47. The number of benzene rings is 3. The molecule has 44 heavy (non-hydrogen) atoms. The highest BCUT2D eigenvalue weighted by molar-refractivity contribution is 5.94. The highest BCUT2D eigenvalue weighted by atomic mass is 16.4. The van der Waals surface area contributed by atoms with E-state index in [1.807, 2.05) is 80.6 Å². The Kier molecular flexibility index (Phi) is 10.5. The van der Waals surface area contributed by atoms with E-state index in [-0.39, 0.29) is 24.2 Å². The molecule has 3 amide bonds. The maximum atomic E-state index is 14.7. The number of nitrogens with two attached hydrogens (primary N) is 1.